The number of hydrogen-bond acceptors (Lipinski definition) is 4. The van der Waals surface area contributed by atoms with Crippen molar-refractivity contribution < 1.29 is 13.2 Å². The molecule has 2 rings (SSSR count). The molecule has 1 aliphatic heterocycles. The van der Waals surface area contributed by atoms with Crippen LogP contribution in [0, 0.1) is 5.92 Å². The van der Waals surface area contributed by atoms with Crippen LogP contribution in [0.2, 0.25) is 0 Å². The third kappa shape index (κ3) is 6.22. The van der Waals surface area contributed by atoms with Gasteiger partial charge in [0.05, 0.1) is 12.9 Å². The lowest BCUT2D eigenvalue weighted by Crippen LogP contribution is -2.38. The second kappa shape index (κ2) is 8.58. The van der Waals surface area contributed by atoms with Crippen LogP contribution in [0.3, 0.4) is 0 Å². The van der Waals surface area contributed by atoms with Crippen LogP contribution in [0.5, 0.6) is 5.75 Å². The van der Waals surface area contributed by atoms with Gasteiger partial charge in [-0.05, 0) is 49.5 Å². The molecular formula is C14H23ClN2O3S. The molecule has 0 saturated carbocycles. The van der Waals surface area contributed by atoms with E-state index in [-0.39, 0.29) is 18.2 Å². The van der Waals surface area contributed by atoms with Gasteiger partial charge in [-0.3, -0.25) is 0 Å². The van der Waals surface area contributed by atoms with Crippen molar-refractivity contribution in [2.75, 3.05) is 26.7 Å². The molecule has 5 nitrogen and oxygen atoms in total. The average Bonchev–Trinajstić information content (AvgIpc) is 2.46. The number of benzene rings is 1. The van der Waals surface area contributed by atoms with E-state index in [9.17, 15) is 8.42 Å². The predicted octanol–water partition coefficient (Wildman–Crippen LogP) is 1.54. The number of rotatable bonds is 6. The summed E-state index contributed by atoms with van der Waals surface area (Å²) in [6.07, 6.45) is 2.19. The highest BCUT2D eigenvalue weighted by molar-refractivity contribution is 7.88. The molecule has 0 spiro atoms. The summed E-state index contributed by atoms with van der Waals surface area (Å²) < 4.78 is 31.9. The summed E-state index contributed by atoms with van der Waals surface area (Å²) in [4.78, 5) is 0. The summed E-state index contributed by atoms with van der Waals surface area (Å²) in [6, 6.07) is 7.15. The van der Waals surface area contributed by atoms with Crippen molar-refractivity contribution in [2.45, 2.75) is 18.6 Å². The zero-order chi connectivity index (χ0) is 14.4. The van der Waals surface area contributed by atoms with E-state index in [1.807, 2.05) is 0 Å². The number of ether oxygens (including phenoxy) is 1. The van der Waals surface area contributed by atoms with E-state index in [1.54, 1.807) is 31.4 Å². The highest BCUT2D eigenvalue weighted by Gasteiger charge is 2.17. The summed E-state index contributed by atoms with van der Waals surface area (Å²) in [7, 11) is -1.72. The molecule has 1 unspecified atom stereocenters. The maximum atomic E-state index is 12.1. The lowest BCUT2D eigenvalue weighted by Gasteiger charge is -2.22. The van der Waals surface area contributed by atoms with Crippen molar-refractivity contribution in [3.63, 3.8) is 0 Å². The number of halogens is 1. The molecule has 7 heteroatoms. The van der Waals surface area contributed by atoms with Gasteiger partial charge in [0.2, 0.25) is 10.0 Å². The Morgan fingerprint density at radius 3 is 2.90 bits per heavy atom. The third-order valence-corrected chi connectivity index (χ3v) is 4.80. The zero-order valence-electron chi connectivity index (χ0n) is 12.2. The zero-order valence-corrected chi connectivity index (χ0v) is 13.8. The van der Waals surface area contributed by atoms with Gasteiger partial charge in [-0.1, -0.05) is 12.1 Å². The van der Waals surface area contributed by atoms with Crippen LogP contribution >= 0.6 is 12.4 Å². The molecular weight excluding hydrogens is 312 g/mol. The molecule has 120 valence electrons. The van der Waals surface area contributed by atoms with E-state index in [4.69, 9.17) is 4.74 Å². The first-order chi connectivity index (χ1) is 9.59. The first-order valence-corrected chi connectivity index (χ1v) is 8.55. The fourth-order valence-corrected chi connectivity index (χ4v) is 3.59. The minimum absolute atomic E-state index is 0. The minimum Gasteiger partial charge on any atom is -0.497 e. The van der Waals surface area contributed by atoms with Crippen molar-refractivity contribution in [3.8, 4) is 5.75 Å². The molecule has 1 atom stereocenters. The molecule has 1 aromatic rings. The Morgan fingerprint density at radius 2 is 2.24 bits per heavy atom. The van der Waals surface area contributed by atoms with Crippen LogP contribution in [0.25, 0.3) is 0 Å². The standard InChI is InChI=1S/C14H22N2O3S.ClH/c1-19-14-6-2-4-12(8-14)11-20(17,18)16-10-13-5-3-7-15-9-13;/h2,4,6,8,13,15-16H,3,5,7,9-11H2,1H3;1H. The first-order valence-electron chi connectivity index (χ1n) is 6.90. The number of nitrogens with one attached hydrogen (secondary N) is 2. The van der Waals surface area contributed by atoms with Crippen LogP contribution in [0.4, 0.5) is 0 Å². The topological polar surface area (TPSA) is 67.4 Å². The summed E-state index contributed by atoms with van der Waals surface area (Å²) in [6.45, 7) is 2.44. The van der Waals surface area contributed by atoms with Gasteiger partial charge in [0.1, 0.15) is 5.75 Å². The van der Waals surface area contributed by atoms with Gasteiger partial charge in [0.15, 0.2) is 0 Å². The molecule has 1 heterocycles. The fourth-order valence-electron chi connectivity index (χ4n) is 2.38. The molecule has 1 saturated heterocycles. The lowest BCUT2D eigenvalue weighted by molar-refractivity contribution is 0.376. The van der Waals surface area contributed by atoms with Crippen LogP contribution in [-0.4, -0.2) is 35.2 Å². The monoisotopic (exact) mass is 334 g/mol. The largest absolute Gasteiger partial charge is 0.497 e. The third-order valence-electron chi connectivity index (χ3n) is 3.48. The Balaban J connectivity index is 0.00000220. The maximum Gasteiger partial charge on any atom is 0.215 e. The van der Waals surface area contributed by atoms with Gasteiger partial charge in [-0.2, -0.15) is 0 Å². The number of piperidine rings is 1. The van der Waals surface area contributed by atoms with Crippen molar-refractivity contribution in [3.05, 3.63) is 29.8 Å². The van der Waals surface area contributed by atoms with E-state index in [0.717, 1.165) is 31.5 Å². The van der Waals surface area contributed by atoms with E-state index in [2.05, 4.69) is 10.0 Å². The first kappa shape index (κ1) is 18.2. The second-order valence-electron chi connectivity index (χ2n) is 5.17. The molecule has 21 heavy (non-hydrogen) atoms. The van der Waals surface area contributed by atoms with E-state index in [1.165, 1.54) is 0 Å². The summed E-state index contributed by atoms with van der Waals surface area (Å²) in [5.41, 5.74) is 0.735. The smallest absolute Gasteiger partial charge is 0.215 e. The summed E-state index contributed by atoms with van der Waals surface area (Å²) in [5.74, 6) is 1.06. The van der Waals surface area contributed by atoms with Crippen LogP contribution in [0.1, 0.15) is 18.4 Å². The van der Waals surface area contributed by atoms with Crippen molar-refractivity contribution in [1.82, 2.24) is 10.0 Å². The number of methoxy groups -OCH3 is 1. The Labute approximate surface area is 132 Å². The fraction of sp³-hybridized carbons (Fsp3) is 0.571. The van der Waals surface area contributed by atoms with Crippen molar-refractivity contribution in [1.29, 1.82) is 0 Å². The molecule has 0 aliphatic carbocycles. The van der Waals surface area contributed by atoms with Gasteiger partial charge < -0.3 is 10.1 Å². The quantitative estimate of drug-likeness (QED) is 0.828. The molecule has 1 aliphatic rings. The molecule has 1 fully saturated rings. The Kier molecular flexibility index (Phi) is 7.45. The molecule has 2 N–H and O–H groups in total. The number of hydrogen-bond donors (Lipinski definition) is 2. The van der Waals surface area contributed by atoms with Gasteiger partial charge in [0, 0.05) is 6.54 Å². The summed E-state index contributed by atoms with van der Waals surface area (Å²) in [5, 5.41) is 3.28. The Bertz CT molecular complexity index is 531. The van der Waals surface area contributed by atoms with Crippen LogP contribution < -0.4 is 14.8 Å². The van der Waals surface area contributed by atoms with Gasteiger partial charge in [-0.25, -0.2) is 13.1 Å². The van der Waals surface area contributed by atoms with Crippen molar-refractivity contribution in [2.24, 2.45) is 5.92 Å². The molecule has 0 radical (unpaired) electrons. The van der Waals surface area contributed by atoms with Gasteiger partial charge >= 0.3 is 0 Å². The minimum atomic E-state index is -3.29. The van der Waals surface area contributed by atoms with E-state index < -0.39 is 10.0 Å². The Morgan fingerprint density at radius 1 is 1.43 bits per heavy atom. The summed E-state index contributed by atoms with van der Waals surface area (Å²) >= 11 is 0. The maximum absolute atomic E-state index is 12.1. The van der Waals surface area contributed by atoms with E-state index in [0.29, 0.717) is 18.2 Å². The van der Waals surface area contributed by atoms with Crippen LogP contribution in [-0.2, 0) is 15.8 Å². The molecule has 1 aromatic carbocycles. The predicted molar refractivity (Wildman–Crippen MR) is 86.5 cm³/mol. The highest BCUT2D eigenvalue weighted by atomic mass is 35.5. The molecule has 0 amide bonds. The van der Waals surface area contributed by atoms with E-state index >= 15 is 0 Å². The molecule has 0 aromatic heterocycles. The van der Waals surface area contributed by atoms with Crippen LogP contribution in [0.15, 0.2) is 24.3 Å². The van der Waals surface area contributed by atoms with Gasteiger partial charge in [0.25, 0.3) is 0 Å². The lowest BCUT2D eigenvalue weighted by atomic mass is 10.0. The molecule has 0 bridgehead atoms. The number of sulfonamides is 1. The highest BCUT2D eigenvalue weighted by Crippen LogP contribution is 2.15. The second-order valence-corrected chi connectivity index (χ2v) is 6.98. The Hall–Kier alpha value is -0.820. The van der Waals surface area contributed by atoms with Crippen molar-refractivity contribution >= 4 is 22.4 Å². The van der Waals surface area contributed by atoms with Gasteiger partial charge in [-0.15, -0.1) is 12.4 Å². The SMILES string of the molecule is COc1cccc(CS(=O)(=O)NCC2CCCNC2)c1.Cl. The average molecular weight is 335 g/mol. The normalized spacial score (nSPS) is 18.8.